The van der Waals surface area contributed by atoms with Crippen LogP contribution in [0.3, 0.4) is 0 Å². The van der Waals surface area contributed by atoms with E-state index in [2.05, 4.69) is 31.0 Å². The molecule has 2 aliphatic rings. The zero-order chi connectivity index (χ0) is 18.2. The predicted octanol–water partition coefficient (Wildman–Crippen LogP) is 2.65. The number of fused-ring (bicyclic) bond motifs is 1. The summed E-state index contributed by atoms with van der Waals surface area (Å²) in [6.45, 7) is 4.15. The third-order valence-electron chi connectivity index (χ3n) is 4.61. The second-order valence-electron chi connectivity index (χ2n) is 6.22. The molecule has 25 heavy (non-hydrogen) atoms. The molecular weight excluding hydrogens is 380 g/mol. The molecule has 1 amide bonds. The fourth-order valence-electron chi connectivity index (χ4n) is 3.49. The van der Waals surface area contributed by atoms with Gasteiger partial charge in [-0.1, -0.05) is 43.8 Å². The molecule has 136 valence electrons. The van der Waals surface area contributed by atoms with E-state index in [0.29, 0.717) is 5.17 Å². The maximum absolute atomic E-state index is 12.1. The Labute approximate surface area is 157 Å². The van der Waals surface area contributed by atoms with Crippen molar-refractivity contribution >= 4 is 50.0 Å². The normalized spacial score (nSPS) is 26.2. The highest BCUT2D eigenvalue weighted by molar-refractivity contribution is 8.16. The number of para-hydroxylation sites is 1. The van der Waals surface area contributed by atoms with Crippen LogP contribution in [0, 0.1) is 0 Å². The number of halogens is 1. The quantitative estimate of drug-likeness (QED) is 0.727. The highest BCUT2D eigenvalue weighted by Crippen LogP contribution is 2.43. The second kappa shape index (κ2) is 7.29. The van der Waals surface area contributed by atoms with Crippen molar-refractivity contribution in [3.63, 3.8) is 0 Å². The van der Waals surface area contributed by atoms with Crippen LogP contribution in [0.25, 0.3) is 0 Å². The van der Waals surface area contributed by atoms with Crippen molar-refractivity contribution in [1.29, 1.82) is 0 Å². The van der Waals surface area contributed by atoms with Gasteiger partial charge in [0.05, 0.1) is 17.5 Å². The van der Waals surface area contributed by atoms with Crippen LogP contribution >= 0.6 is 23.4 Å². The van der Waals surface area contributed by atoms with Crippen LogP contribution in [0.5, 0.6) is 0 Å². The minimum absolute atomic E-state index is 0.0958. The van der Waals surface area contributed by atoms with E-state index in [1.165, 1.54) is 11.8 Å². The number of sulfone groups is 1. The molecule has 8 heteroatoms. The van der Waals surface area contributed by atoms with Crippen LogP contribution in [0.2, 0.25) is 0 Å². The number of nitrogens with zero attached hydrogens (tertiary/aromatic N) is 2. The summed E-state index contributed by atoms with van der Waals surface area (Å²) in [5.41, 5.74) is 3.28. The number of carbonyl (C=O) groups is 1. The molecule has 1 aromatic carbocycles. The van der Waals surface area contributed by atoms with E-state index in [4.69, 9.17) is 11.6 Å². The fourth-order valence-corrected chi connectivity index (χ4v) is 7.46. The van der Waals surface area contributed by atoms with E-state index >= 15 is 0 Å². The van der Waals surface area contributed by atoms with Gasteiger partial charge in [-0.3, -0.25) is 4.79 Å². The van der Waals surface area contributed by atoms with E-state index in [-0.39, 0.29) is 28.7 Å². The van der Waals surface area contributed by atoms with E-state index in [0.717, 1.165) is 29.7 Å². The zero-order valence-corrected chi connectivity index (χ0v) is 16.6. The van der Waals surface area contributed by atoms with Gasteiger partial charge >= 0.3 is 0 Å². The van der Waals surface area contributed by atoms with Gasteiger partial charge in [0.15, 0.2) is 15.0 Å². The number of carbonyl (C=O) groups excluding carboxylic acids is 1. The lowest BCUT2D eigenvalue weighted by Gasteiger charge is -2.29. The molecule has 1 aromatic rings. The Hall–Kier alpha value is -1.05. The summed E-state index contributed by atoms with van der Waals surface area (Å²) < 4.78 is 24.3. The number of amidine groups is 1. The van der Waals surface area contributed by atoms with Crippen molar-refractivity contribution in [3.8, 4) is 0 Å². The predicted molar refractivity (Wildman–Crippen MR) is 105 cm³/mol. The first-order valence-corrected chi connectivity index (χ1v) is 11.6. The molecule has 0 bridgehead atoms. The lowest BCUT2D eigenvalue weighted by Crippen LogP contribution is -2.39. The SMILES string of the molecule is CCc1cccc(CC)c1N1C(=NC(=O)CCl)SC2CS(=O)(=O)CC21. The molecule has 2 atom stereocenters. The summed E-state index contributed by atoms with van der Waals surface area (Å²) in [4.78, 5) is 18.0. The van der Waals surface area contributed by atoms with E-state index in [1.807, 2.05) is 11.0 Å². The zero-order valence-electron chi connectivity index (χ0n) is 14.2. The van der Waals surface area contributed by atoms with Gasteiger partial charge in [-0.2, -0.15) is 4.99 Å². The molecule has 0 radical (unpaired) electrons. The lowest BCUT2D eigenvalue weighted by molar-refractivity contribution is -0.115. The number of hydrogen-bond acceptors (Lipinski definition) is 4. The molecule has 0 spiro atoms. The highest BCUT2D eigenvalue weighted by Gasteiger charge is 2.50. The Morgan fingerprint density at radius 3 is 2.48 bits per heavy atom. The van der Waals surface area contributed by atoms with Crippen LogP contribution in [0.15, 0.2) is 23.2 Å². The molecule has 0 aliphatic carbocycles. The summed E-state index contributed by atoms with van der Waals surface area (Å²) >= 11 is 7.01. The molecule has 2 heterocycles. The number of rotatable bonds is 4. The number of benzene rings is 1. The molecule has 3 rings (SSSR count). The molecule has 2 fully saturated rings. The number of amides is 1. The molecule has 5 nitrogen and oxygen atoms in total. The molecule has 2 saturated heterocycles. The van der Waals surface area contributed by atoms with Crippen molar-refractivity contribution in [2.75, 3.05) is 22.3 Å². The van der Waals surface area contributed by atoms with Gasteiger partial charge in [-0.15, -0.1) is 11.6 Å². The van der Waals surface area contributed by atoms with Gasteiger partial charge < -0.3 is 4.90 Å². The van der Waals surface area contributed by atoms with Gasteiger partial charge in [0.25, 0.3) is 5.91 Å². The largest absolute Gasteiger partial charge is 0.315 e. The number of aryl methyl sites for hydroxylation is 2. The Morgan fingerprint density at radius 2 is 1.92 bits per heavy atom. The number of aliphatic imine (C=N–C) groups is 1. The van der Waals surface area contributed by atoms with Crippen LogP contribution < -0.4 is 4.90 Å². The standard InChI is InChI=1S/C17H21ClN2O3S2/c1-3-11-6-5-7-12(4-2)16(11)20-13-9-25(22,23)10-14(13)24-17(20)19-15(21)8-18/h5-7,13-14H,3-4,8-10H2,1-2H3. The van der Waals surface area contributed by atoms with E-state index < -0.39 is 15.7 Å². The smallest absolute Gasteiger partial charge is 0.262 e. The van der Waals surface area contributed by atoms with Crippen molar-refractivity contribution in [2.45, 2.75) is 38.0 Å². The maximum atomic E-state index is 12.1. The molecule has 2 aliphatic heterocycles. The molecule has 2 unspecified atom stereocenters. The summed E-state index contributed by atoms with van der Waals surface area (Å²) in [5, 5.41) is 0.479. The first-order valence-electron chi connectivity index (χ1n) is 8.34. The topological polar surface area (TPSA) is 66.8 Å². The monoisotopic (exact) mass is 400 g/mol. The number of thioether (sulfide) groups is 1. The summed E-state index contributed by atoms with van der Waals surface area (Å²) in [7, 11) is -3.07. The number of alkyl halides is 1. The third kappa shape index (κ3) is 3.59. The summed E-state index contributed by atoms with van der Waals surface area (Å²) in [5.74, 6) is -0.353. The van der Waals surface area contributed by atoms with Gasteiger partial charge in [0.2, 0.25) is 0 Å². The van der Waals surface area contributed by atoms with Crippen molar-refractivity contribution < 1.29 is 13.2 Å². The van der Waals surface area contributed by atoms with Crippen LogP contribution in [-0.2, 0) is 27.5 Å². The van der Waals surface area contributed by atoms with Crippen molar-refractivity contribution in [3.05, 3.63) is 29.3 Å². The van der Waals surface area contributed by atoms with E-state index in [1.54, 1.807) is 0 Å². The molecule has 0 saturated carbocycles. The minimum atomic E-state index is -3.07. The first-order chi connectivity index (χ1) is 11.9. The van der Waals surface area contributed by atoms with Crippen molar-refractivity contribution in [2.24, 2.45) is 4.99 Å². The average Bonchev–Trinajstić information content (AvgIpc) is 3.04. The highest BCUT2D eigenvalue weighted by atomic mass is 35.5. The Balaban J connectivity index is 2.15. The Kier molecular flexibility index (Phi) is 5.46. The fraction of sp³-hybridized carbons (Fsp3) is 0.529. The van der Waals surface area contributed by atoms with Crippen LogP contribution in [-0.4, -0.2) is 48.2 Å². The Bertz CT molecular complexity index is 801. The lowest BCUT2D eigenvalue weighted by atomic mass is 10.0. The van der Waals surface area contributed by atoms with Gasteiger partial charge in [-0.05, 0) is 24.0 Å². The van der Waals surface area contributed by atoms with Crippen LogP contribution in [0.4, 0.5) is 5.69 Å². The summed E-state index contributed by atoms with van der Waals surface area (Å²) in [6.07, 6.45) is 1.65. The first kappa shape index (κ1) is 18.7. The average molecular weight is 401 g/mol. The number of anilines is 1. The number of hydrogen-bond donors (Lipinski definition) is 0. The van der Waals surface area contributed by atoms with Gasteiger partial charge in [-0.25, -0.2) is 8.42 Å². The molecule has 0 aromatic heterocycles. The van der Waals surface area contributed by atoms with Crippen molar-refractivity contribution in [1.82, 2.24) is 0 Å². The maximum Gasteiger partial charge on any atom is 0.262 e. The van der Waals surface area contributed by atoms with Gasteiger partial charge in [0.1, 0.15) is 5.88 Å². The van der Waals surface area contributed by atoms with E-state index in [9.17, 15) is 13.2 Å². The molecular formula is C17H21ClN2O3S2. The summed E-state index contributed by atoms with van der Waals surface area (Å²) in [6, 6.07) is 5.94. The Morgan fingerprint density at radius 1 is 1.28 bits per heavy atom. The minimum Gasteiger partial charge on any atom is -0.315 e. The molecule has 0 N–H and O–H groups in total. The van der Waals surface area contributed by atoms with Gasteiger partial charge in [0, 0.05) is 10.9 Å². The second-order valence-corrected chi connectivity index (χ2v) is 9.85. The van der Waals surface area contributed by atoms with Crippen LogP contribution in [0.1, 0.15) is 25.0 Å². The third-order valence-corrected chi connectivity index (χ3v) is 8.05.